The van der Waals surface area contributed by atoms with Crippen LogP contribution in [0.1, 0.15) is 45.4 Å². The highest BCUT2D eigenvalue weighted by atomic mass is 16.5. The van der Waals surface area contributed by atoms with Crippen molar-refractivity contribution < 1.29 is 42.9 Å². The van der Waals surface area contributed by atoms with Crippen molar-refractivity contribution in [3.05, 3.63) is 11.1 Å². The van der Waals surface area contributed by atoms with E-state index >= 15 is 0 Å². The lowest BCUT2D eigenvalue weighted by Gasteiger charge is -2.32. The monoisotopic (exact) mass is 412 g/mol. The summed E-state index contributed by atoms with van der Waals surface area (Å²) in [4.78, 5) is 60.7. The fraction of sp³-hybridized carbons (Fsp3) is 0.650. The predicted molar refractivity (Wildman–Crippen MR) is 99.4 cm³/mol. The van der Waals surface area contributed by atoms with Gasteiger partial charge in [-0.15, -0.1) is 0 Å². The van der Waals surface area contributed by atoms with Gasteiger partial charge >= 0.3 is 23.9 Å². The summed E-state index contributed by atoms with van der Waals surface area (Å²) in [6, 6.07) is 0. The van der Waals surface area contributed by atoms with Gasteiger partial charge in [-0.05, 0) is 32.6 Å². The zero-order valence-electron chi connectivity index (χ0n) is 17.5. The van der Waals surface area contributed by atoms with E-state index in [9.17, 15) is 24.0 Å². The van der Waals surface area contributed by atoms with E-state index < -0.39 is 34.7 Å². The maximum absolute atomic E-state index is 12.5. The Kier molecular flexibility index (Phi) is 8.54. The van der Waals surface area contributed by atoms with Crippen molar-refractivity contribution in [1.82, 2.24) is 0 Å². The summed E-state index contributed by atoms with van der Waals surface area (Å²) in [5.74, 6) is -2.56. The number of esters is 4. The molecular weight excluding hydrogens is 384 g/mol. The largest absolute Gasteiger partial charge is 0.469 e. The van der Waals surface area contributed by atoms with Gasteiger partial charge in [0.25, 0.3) is 0 Å². The van der Waals surface area contributed by atoms with Crippen LogP contribution in [0.25, 0.3) is 0 Å². The summed E-state index contributed by atoms with van der Waals surface area (Å²) in [6.45, 7) is 1.71. The van der Waals surface area contributed by atoms with E-state index in [-0.39, 0.29) is 38.5 Å². The summed E-state index contributed by atoms with van der Waals surface area (Å²) in [5, 5.41) is 0. The Morgan fingerprint density at radius 2 is 1.31 bits per heavy atom. The minimum atomic E-state index is -1.60. The van der Waals surface area contributed by atoms with Crippen LogP contribution < -0.4 is 0 Å². The number of methoxy groups -OCH3 is 4. The molecular formula is C20H28O9. The van der Waals surface area contributed by atoms with Gasteiger partial charge in [-0.2, -0.15) is 0 Å². The maximum Gasteiger partial charge on any atom is 0.323 e. The number of hydrogen-bond donors (Lipinski definition) is 0. The molecule has 1 rings (SSSR count). The average Bonchev–Trinajstić information content (AvgIpc) is 3.11. The number of hydrogen-bond acceptors (Lipinski definition) is 9. The van der Waals surface area contributed by atoms with Crippen LogP contribution in [-0.4, -0.2) is 58.6 Å². The van der Waals surface area contributed by atoms with Crippen molar-refractivity contribution in [2.45, 2.75) is 45.4 Å². The first-order chi connectivity index (χ1) is 13.7. The first kappa shape index (κ1) is 24.3. The first-order valence-corrected chi connectivity index (χ1v) is 9.12. The van der Waals surface area contributed by atoms with Crippen LogP contribution in [0.15, 0.2) is 11.1 Å². The molecule has 1 aliphatic rings. The van der Waals surface area contributed by atoms with Crippen molar-refractivity contribution in [3.63, 3.8) is 0 Å². The molecule has 0 spiro atoms. The molecule has 0 saturated carbocycles. The molecule has 0 unspecified atom stereocenters. The van der Waals surface area contributed by atoms with Crippen LogP contribution in [0.2, 0.25) is 0 Å². The second-order valence-electron chi connectivity index (χ2n) is 7.10. The molecule has 0 amide bonds. The van der Waals surface area contributed by atoms with E-state index in [1.165, 1.54) is 28.4 Å². The van der Waals surface area contributed by atoms with E-state index in [1.54, 1.807) is 6.92 Å². The minimum Gasteiger partial charge on any atom is -0.469 e. The molecule has 0 aromatic heterocycles. The van der Waals surface area contributed by atoms with E-state index in [2.05, 4.69) is 9.47 Å². The van der Waals surface area contributed by atoms with Crippen LogP contribution in [0.5, 0.6) is 0 Å². The van der Waals surface area contributed by atoms with Crippen molar-refractivity contribution in [3.8, 4) is 0 Å². The van der Waals surface area contributed by atoms with Crippen molar-refractivity contribution in [2.24, 2.45) is 10.8 Å². The van der Waals surface area contributed by atoms with Crippen LogP contribution in [0, 0.1) is 10.8 Å². The smallest absolute Gasteiger partial charge is 0.323 e. The summed E-state index contributed by atoms with van der Waals surface area (Å²) < 4.78 is 19.0. The zero-order chi connectivity index (χ0) is 22.2. The Balaban J connectivity index is 3.38. The third-order valence-corrected chi connectivity index (χ3v) is 5.55. The lowest BCUT2D eigenvalue weighted by Crippen LogP contribution is -2.40. The Labute approximate surface area is 169 Å². The van der Waals surface area contributed by atoms with Crippen LogP contribution in [0.4, 0.5) is 0 Å². The highest BCUT2D eigenvalue weighted by Crippen LogP contribution is 2.52. The number of ether oxygens (including phenoxy) is 4. The third kappa shape index (κ3) is 5.02. The molecule has 0 aromatic carbocycles. The molecule has 9 heteroatoms. The highest BCUT2D eigenvalue weighted by Gasteiger charge is 2.56. The van der Waals surface area contributed by atoms with Crippen molar-refractivity contribution in [2.75, 3.05) is 28.4 Å². The Hall–Kier alpha value is -2.71. The zero-order valence-corrected chi connectivity index (χ0v) is 17.5. The van der Waals surface area contributed by atoms with Crippen LogP contribution >= 0.6 is 0 Å². The second kappa shape index (κ2) is 10.2. The minimum absolute atomic E-state index is 0.0215. The standard InChI is InChI=1S/C20H28O9/c1-13-10-20(17(24)28-4,18(25)29-5)11-14(13)19(12-21,8-6-15(22)26-2)9-7-16(23)27-3/h12H,6-11H2,1-5H3. The fourth-order valence-corrected chi connectivity index (χ4v) is 3.91. The normalized spacial score (nSPS) is 15.5. The molecule has 0 aromatic rings. The maximum atomic E-state index is 12.5. The average molecular weight is 412 g/mol. The highest BCUT2D eigenvalue weighted by molar-refractivity contribution is 6.01. The lowest BCUT2D eigenvalue weighted by atomic mass is 9.70. The fourth-order valence-electron chi connectivity index (χ4n) is 3.91. The summed E-state index contributed by atoms with van der Waals surface area (Å²) >= 11 is 0. The van der Waals surface area contributed by atoms with E-state index in [1.807, 2.05) is 0 Å². The van der Waals surface area contributed by atoms with Gasteiger partial charge in [-0.3, -0.25) is 19.2 Å². The van der Waals surface area contributed by atoms with Gasteiger partial charge in [0.1, 0.15) is 6.29 Å². The molecule has 29 heavy (non-hydrogen) atoms. The molecule has 9 nitrogen and oxygen atoms in total. The third-order valence-electron chi connectivity index (χ3n) is 5.55. The molecule has 0 aliphatic heterocycles. The lowest BCUT2D eigenvalue weighted by molar-refractivity contribution is -0.168. The van der Waals surface area contributed by atoms with Crippen molar-refractivity contribution >= 4 is 30.2 Å². The molecule has 0 fully saturated rings. The molecule has 0 heterocycles. The number of carbonyl (C=O) groups excluding carboxylic acids is 5. The van der Waals surface area contributed by atoms with Gasteiger partial charge in [-0.1, -0.05) is 11.1 Å². The topological polar surface area (TPSA) is 122 Å². The molecule has 0 radical (unpaired) electrons. The summed E-state index contributed by atoms with van der Waals surface area (Å²) in [7, 11) is 4.81. The molecule has 0 atom stereocenters. The number of rotatable bonds is 10. The van der Waals surface area contributed by atoms with E-state index in [4.69, 9.17) is 9.47 Å². The van der Waals surface area contributed by atoms with Gasteiger partial charge in [0, 0.05) is 18.3 Å². The van der Waals surface area contributed by atoms with E-state index in [0.717, 1.165) is 0 Å². The molecule has 162 valence electrons. The number of allylic oxidation sites excluding steroid dienone is 2. The Bertz CT molecular complexity index is 669. The predicted octanol–water partition coefficient (Wildman–Crippen LogP) is 1.52. The Morgan fingerprint density at radius 1 is 0.862 bits per heavy atom. The van der Waals surface area contributed by atoms with Gasteiger partial charge in [-0.25, -0.2) is 0 Å². The van der Waals surface area contributed by atoms with Gasteiger partial charge < -0.3 is 23.7 Å². The summed E-state index contributed by atoms with van der Waals surface area (Å²) in [5.41, 5.74) is -1.68. The van der Waals surface area contributed by atoms with Crippen LogP contribution in [0.3, 0.4) is 0 Å². The summed E-state index contributed by atoms with van der Waals surface area (Å²) in [6.07, 6.45) is 0.569. The SMILES string of the molecule is COC(=O)CCC(C=O)(CCC(=O)OC)C1=C(C)CC(C(=O)OC)(C(=O)OC)C1. The van der Waals surface area contributed by atoms with E-state index in [0.29, 0.717) is 17.4 Å². The van der Waals surface area contributed by atoms with Crippen molar-refractivity contribution in [1.29, 1.82) is 0 Å². The van der Waals surface area contributed by atoms with Crippen LogP contribution in [-0.2, 0) is 42.9 Å². The second-order valence-corrected chi connectivity index (χ2v) is 7.10. The quantitative estimate of drug-likeness (QED) is 0.173. The molecule has 0 N–H and O–H groups in total. The Morgan fingerprint density at radius 3 is 1.66 bits per heavy atom. The van der Waals surface area contributed by atoms with Gasteiger partial charge in [0.05, 0.1) is 28.4 Å². The molecule has 1 aliphatic carbocycles. The van der Waals surface area contributed by atoms with Gasteiger partial charge in [0.15, 0.2) is 5.41 Å². The number of aldehydes is 1. The van der Waals surface area contributed by atoms with Gasteiger partial charge in [0.2, 0.25) is 0 Å². The molecule has 0 bridgehead atoms. The number of carbonyl (C=O) groups is 5. The first-order valence-electron chi connectivity index (χ1n) is 9.12. The molecule has 0 saturated heterocycles.